The van der Waals surface area contributed by atoms with Gasteiger partial charge in [-0.25, -0.2) is 0 Å². The van der Waals surface area contributed by atoms with Crippen LogP contribution in [0.3, 0.4) is 0 Å². The SMILES string of the molecule is CC(C)CC1COC2C1OC[C@H]2O[N+](=O)[O-]. The van der Waals surface area contributed by atoms with Crippen molar-refractivity contribution in [3.8, 4) is 0 Å². The van der Waals surface area contributed by atoms with E-state index in [1.54, 1.807) is 0 Å². The molecule has 0 aliphatic carbocycles. The van der Waals surface area contributed by atoms with Crippen molar-refractivity contribution in [3.63, 3.8) is 0 Å². The fourth-order valence-electron chi connectivity index (χ4n) is 2.55. The van der Waals surface area contributed by atoms with Gasteiger partial charge in [0.15, 0.2) is 6.10 Å². The van der Waals surface area contributed by atoms with Gasteiger partial charge < -0.3 is 14.3 Å². The highest BCUT2D eigenvalue weighted by atomic mass is 17.0. The average molecular weight is 231 g/mol. The zero-order valence-corrected chi connectivity index (χ0v) is 9.50. The van der Waals surface area contributed by atoms with Gasteiger partial charge in [-0.3, -0.25) is 0 Å². The summed E-state index contributed by atoms with van der Waals surface area (Å²) in [6.07, 6.45) is 0.158. The molecule has 2 saturated heterocycles. The summed E-state index contributed by atoms with van der Waals surface area (Å²) in [5, 5.41) is 9.51. The summed E-state index contributed by atoms with van der Waals surface area (Å²) in [6.45, 7) is 5.16. The van der Waals surface area contributed by atoms with Crippen molar-refractivity contribution in [2.75, 3.05) is 13.2 Å². The molecular formula is C10H17NO5. The molecule has 6 nitrogen and oxygen atoms in total. The molecule has 2 aliphatic heterocycles. The molecule has 16 heavy (non-hydrogen) atoms. The van der Waals surface area contributed by atoms with Gasteiger partial charge in [0.1, 0.15) is 6.10 Å². The number of ether oxygens (including phenoxy) is 2. The van der Waals surface area contributed by atoms with Crippen LogP contribution < -0.4 is 0 Å². The van der Waals surface area contributed by atoms with Crippen LogP contribution >= 0.6 is 0 Å². The summed E-state index contributed by atoms with van der Waals surface area (Å²) in [5.41, 5.74) is 0. The predicted octanol–water partition coefficient (Wildman–Crippen LogP) is 1.02. The molecule has 0 amide bonds. The van der Waals surface area contributed by atoms with Crippen molar-refractivity contribution in [1.29, 1.82) is 0 Å². The molecule has 0 aromatic rings. The van der Waals surface area contributed by atoms with E-state index in [4.69, 9.17) is 9.47 Å². The predicted molar refractivity (Wildman–Crippen MR) is 54.3 cm³/mol. The van der Waals surface area contributed by atoms with Crippen molar-refractivity contribution in [2.24, 2.45) is 11.8 Å². The molecule has 2 heterocycles. The highest BCUT2D eigenvalue weighted by Crippen LogP contribution is 2.35. The first-order valence-electron chi connectivity index (χ1n) is 5.62. The molecule has 0 bridgehead atoms. The van der Waals surface area contributed by atoms with Gasteiger partial charge in [-0.05, 0) is 12.3 Å². The van der Waals surface area contributed by atoms with E-state index in [1.807, 2.05) is 0 Å². The molecule has 0 aromatic heterocycles. The molecule has 2 aliphatic rings. The lowest BCUT2D eigenvalue weighted by atomic mass is 9.92. The smallest absolute Gasteiger partial charge is 0.294 e. The third kappa shape index (κ3) is 2.27. The fraction of sp³-hybridized carbons (Fsp3) is 1.00. The largest absolute Gasteiger partial charge is 0.373 e. The zero-order valence-electron chi connectivity index (χ0n) is 9.50. The number of fused-ring (bicyclic) bond motifs is 1. The Bertz CT molecular complexity index is 270. The number of rotatable bonds is 4. The second-order valence-electron chi connectivity index (χ2n) is 4.85. The van der Waals surface area contributed by atoms with E-state index in [1.165, 1.54) is 0 Å². The monoisotopic (exact) mass is 231 g/mol. The van der Waals surface area contributed by atoms with Crippen LogP contribution in [0.2, 0.25) is 0 Å². The van der Waals surface area contributed by atoms with E-state index in [0.717, 1.165) is 6.42 Å². The van der Waals surface area contributed by atoms with E-state index in [2.05, 4.69) is 18.7 Å². The Balaban J connectivity index is 1.92. The number of hydrogen-bond donors (Lipinski definition) is 0. The molecule has 4 atom stereocenters. The topological polar surface area (TPSA) is 70.8 Å². The molecule has 0 N–H and O–H groups in total. The van der Waals surface area contributed by atoms with E-state index in [9.17, 15) is 10.1 Å². The zero-order chi connectivity index (χ0) is 11.7. The van der Waals surface area contributed by atoms with Crippen LogP contribution in [0.5, 0.6) is 0 Å². The van der Waals surface area contributed by atoms with Gasteiger partial charge in [0.2, 0.25) is 0 Å². The van der Waals surface area contributed by atoms with Crippen LogP contribution in [0.15, 0.2) is 0 Å². The quantitative estimate of drug-likeness (QED) is 0.533. The highest BCUT2D eigenvalue weighted by Gasteiger charge is 2.49. The van der Waals surface area contributed by atoms with Gasteiger partial charge >= 0.3 is 0 Å². The summed E-state index contributed by atoms with van der Waals surface area (Å²) in [5.74, 6) is 0.914. The van der Waals surface area contributed by atoms with Crippen LogP contribution in [-0.2, 0) is 14.3 Å². The Labute approximate surface area is 94.0 Å². The van der Waals surface area contributed by atoms with Crippen LogP contribution in [-0.4, -0.2) is 36.6 Å². The standard InChI is InChI=1S/C10H17NO5/c1-6(2)3-7-4-14-10-8(16-11(12)13)5-15-9(7)10/h6-10H,3-5H2,1-2H3/t7?,8-,9?,10?/m1/s1. The fourth-order valence-corrected chi connectivity index (χ4v) is 2.55. The molecule has 92 valence electrons. The molecule has 3 unspecified atom stereocenters. The minimum atomic E-state index is -0.768. The van der Waals surface area contributed by atoms with Crippen LogP contribution in [0.4, 0.5) is 0 Å². The summed E-state index contributed by atoms with van der Waals surface area (Å²) < 4.78 is 11.1. The summed E-state index contributed by atoms with van der Waals surface area (Å²) in [4.78, 5) is 14.8. The van der Waals surface area contributed by atoms with Crippen molar-refractivity contribution in [3.05, 3.63) is 10.1 Å². The third-order valence-corrected chi connectivity index (χ3v) is 3.11. The maximum absolute atomic E-state index is 10.3. The Morgan fingerprint density at radius 1 is 1.38 bits per heavy atom. The molecule has 0 aromatic carbocycles. The lowest BCUT2D eigenvalue weighted by molar-refractivity contribution is -0.769. The average Bonchev–Trinajstić information content (AvgIpc) is 2.70. The Morgan fingerprint density at radius 3 is 2.69 bits per heavy atom. The maximum atomic E-state index is 10.3. The van der Waals surface area contributed by atoms with E-state index in [0.29, 0.717) is 18.4 Å². The minimum Gasteiger partial charge on any atom is -0.373 e. The van der Waals surface area contributed by atoms with Gasteiger partial charge in [0.05, 0.1) is 19.3 Å². The Hall–Kier alpha value is -0.880. The normalized spacial score (nSPS) is 37.7. The van der Waals surface area contributed by atoms with Crippen molar-refractivity contribution < 1.29 is 19.4 Å². The molecule has 0 spiro atoms. The number of hydrogen-bond acceptors (Lipinski definition) is 5. The second kappa shape index (κ2) is 4.55. The molecular weight excluding hydrogens is 214 g/mol. The van der Waals surface area contributed by atoms with Gasteiger partial charge in [0.25, 0.3) is 5.09 Å². The van der Waals surface area contributed by atoms with Gasteiger partial charge in [-0.15, -0.1) is 10.1 Å². The van der Waals surface area contributed by atoms with Gasteiger partial charge in [0, 0.05) is 5.92 Å². The lowest BCUT2D eigenvalue weighted by Crippen LogP contribution is -2.33. The first-order chi connectivity index (χ1) is 7.58. The minimum absolute atomic E-state index is 0.0349. The molecule has 0 radical (unpaired) electrons. The van der Waals surface area contributed by atoms with Crippen molar-refractivity contribution >= 4 is 0 Å². The molecule has 0 saturated carbocycles. The third-order valence-electron chi connectivity index (χ3n) is 3.11. The second-order valence-corrected chi connectivity index (χ2v) is 4.85. The summed E-state index contributed by atoms with van der Waals surface area (Å²) >= 11 is 0. The highest BCUT2D eigenvalue weighted by molar-refractivity contribution is 4.94. The van der Waals surface area contributed by atoms with Crippen molar-refractivity contribution in [1.82, 2.24) is 0 Å². The van der Waals surface area contributed by atoms with E-state index in [-0.39, 0.29) is 18.8 Å². The maximum Gasteiger partial charge on any atom is 0.294 e. The summed E-state index contributed by atoms with van der Waals surface area (Å²) in [6, 6.07) is 0. The molecule has 2 fully saturated rings. The van der Waals surface area contributed by atoms with Gasteiger partial charge in [-0.2, -0.15) is 0 Å². The van der Waals surface area contributed by atoms with Crippen LogP contribution in [0.1, 0.15) is 20.3 Å². The first-order valence-corrected chi connectivity index (χ1v) is 5.62. The Morgan fingerprint density at radius 2 is 2.06 bits per heavy atom. The van der Waals surface area contributed by atoms with Crippen LogP contribution in [0, 0.1) is 22.0 Å². The van der Waals surface area contributed by atoms with Gasteiger partial charge in [-0.1, -0.05) is 13.8 Å². The molecule has 6 heteroatoms. The molecule has 2 rings (SSSR count). The van der Waals surface area contributed by atoms with E-state index >= 15 is 0 Å². The lowest BCUT2D eigenvalue weighted by Gasteiger charge is -2.17. The number of nitrogens with zero attached hydrogens (tertiary/aromatic N) is 1. The Kier molecular flexibility index (Phi) is 3.30. The van der Waals surface area contributed by atoms with Crippen molar-refractivity contribution in [2.45, 2.75) is 38.6 Å². The van der Waals surface area contributed by atoms with E-state index < -0.39 is 11.2 Å². The van der Waals surface area contributed by atoms with Crippen LogP contribution in [0.25, 0.3) is 0 Å². The first kappa shape index (κ1) is 11.6. The summed E-state index contributed by atoms with van der Waals surface area (Å²) in [7, 11) is 0.